The molecule has 190 valence electrons. The van der Waals surface area contributed by atoms with Gasteiger partial charge in [0.1, 0.15) is 29.2 Å². The SMILES string of the molecule is CCn1cc(C(=O)NC(C(=O)N[C@@H]2C(=O)N3[C@@H]2SC(C)(C)[C@@H]3C(=O)O)c2ccccc2)c(O)cc1=O. The second kappa shape index (κ2) is 9.34. The molecule has 3 amide bonds. The molecule has 0 radical (unpaired) electrons. The maximum atomic E-state index is 13.3. The number of pyridine rings is 1. The van der Waals surface area contributed by atoms with Gasteiger partial charge in [-0.3, -0.25) is 19.2 Å². The molecule has 1 aromatic heterocycles. The molecule has 0 saturated carbocycles. The number of aromatic nitrogens is 1. The first-order valence-electron chi connectivity index (χ1n) is 11.3. The third-order valence-electron chi connectivity index (χ3n) is 6.33. The number of hydrogen-bond acceptors (Lipinski definition) is 7. The number of carboxylic acid groups (broad SMARTS) is 1. The molecule has 0 aliphatic carbocycles. The van der Waals surface area contributed by atoms with Crippen molar-refractivity contribution in [3.05, 3.63) is 64.1 Å². The van der Waals surface area contributed by atoms with Gasteiger partial charge in [0.2, 0.25) is 11.8 Å². The number of nitrogens with one attached hydrogen (secondary N) is 2. The zero-order chi connectivity index (χ0) is 26.4. The summed E-state index contributed by atoms with van der Waals surface area (Å²) >= 11 is 1.29. The summed E-state index contributed by atoms with van der Waals surface area (Å²) in [6.45, 7) is 5.44. The van der Waals surface area contributed by atoms with Crippen molar-refractivity contribution in [3.8, 4) is 5.75 Å². The molecule has 1 unspecified atom stereocenters. The second-order valence-electron chi connectivity index (χ2n) is 9.10. The lowest BCUT2D eigenvalue weighted by Gasteiger charge is -2.44. The summed E-state index contributed by atoms with van der Waals surface area (Å²) in [5.74, 6) is -3.61. The summed E-state index contributed by atoms with van der Waals surface area (Å²) < 4.78 is 0.490. The summed E-state index contributed by atoms with van der Waals surface area (Å²) in [7, 11) is 0. The van der Waals surface area contributed by atoms with Crippen molar-refractivity contribution in [2.45, 2.75) is 55.6 Å². The molecule has 11 nitrogen and oxygen atoms in total. The van der Waals surface area contributed by atoms with Crippen molar-refractivity contribution in [3.63, 3.8) is 0 Å². The van der Waals surface area contributed by atoms with Crippen LogP contribution in [-0.2, 0) is 20.9 Å². The Hall–Kier alpha value is -3.80. The Morgan fingerprint density at radius 3 is 2.44 bits per heavy atom. The van der Waals surface area contributed by atoms with Crippen LogP contribution in [0.5, 0.6) is 5.75 Å². The van der Waals surface area contributed by atoms with Gasteiger partial charge in [-0.05, 0) is 26.3 Å². The van der Waals surface area contributed by atoms with E-state index < -0.39 is 63.2 Å². The van der Waals surface area contributed by atoms with Crippen LogP contribution in [0.25, 0.3) is 0 Å². The van der Waals surface area contributed by atoms with Crippen LogP contribution in [0, 0.1) is 0 Å². The predicted molar refractivity (Wildman–Crippen MR) is 130 cm³/mol. The Balaban J connectivity index is 1.58. The van der Waals surface area contributed by atoms with Crippen LogP contribution in [0.4, 0.5) is 0 Å². The van der Waals surface area contributed by atoms with Crippen molar-refractivity contribution in [1.29, 1.82) is 0 Å². The highest BCUT2D eigenvalue weighted by molar-refractivity contribution is 8.01. The number of amides is 3. The Labute approximate surface area is 210 Å². The average molecular weight is 515 g/mol. The first kappa shape index (κ1) is 25.3. The van der Waals surface area contributed by atoms with E-state index in [9.17, 15) is 34.2 Å². The molecule has 3 heterocycles. The van der Waals surface area contributed by atoms with Gasteiger partial charge in [-0.15, -0.1) is 11.8 Å². The minimum Gasteiger partial charge on any atom is -0.507 e. The smallest absolute Gasteiger partial charge is 0.327 e. The first-order chi connectivity index (χ1) is 17.0. The first-order valence-corrected chi connectivity index (χ1v) is 12.2. The quantitative estimate of drug-likeness (QED) is 0.393. The van der Waals surface area contributed by atoms with E-state index in [0.29, 0.717) is 5.56 Å². The molecular weight excluding hydrogens is 488 g/mol. The number of nitrogens with zero attached hydrogens (tertiary/aromatic N) is 2. The van der Waals surface area contributed by atoms with E-state index in [0.717, 1.165) is 6.07 Å². The zero-order valence-corrected chi connectivity index (χ0v) is 20.6. The summed E-state index contributed by atoms with van der Waals surface area (Å²) in [4.78, 5) is 64.1. The van der Waals surface area contributed by atoms with Crippen LogP contribution >= 0.6 is 11.8 Å². The maximum absolute atomic E-state index is 13.3. The van der Waals surface area contributed by atoms with Crippen molar-refractivity contribution >= 4 is 35.5 Å². The molecule has 0 bridgehead atoms. The molecule has 2 aromatic rings. The van der Waals surface area contributed by atoms with E-state index in [1.54, 1.807) is 51.1 Å². The fraction of sp³-hybridized carbons (Fsp3) is 0.375. The maximum Gasteiger partial charge on any atom is 0.327 e. The van der Waals surface area contributed by atoms with E-state index in [-0.39, 0.29) is 12.1 Å². The van der Waals surface area contributed by atoms with Gasteiger partial charge in [0.25, 0.3) is 11.5 Å². The summed E-state index contributed by atoms with van der Waals surface area (Å²) in [6, 6.07) is 6.07. The monoisotopic (exact) mass is 514 g/mol. The minimum atomic E-state index is -1.23. The third-order valence-corrected chi connectivity index (χ3v) is 7.90. The van der Waals surface area contributed by atoms with Gasteiger partial charge in [-0.2, -0.15) is 0 Å². The molecule has 4 N–H and O–H groups in total. The predicted octanol–water partition coefficient (Wildman–Crippen LogP) is 0.677. The molecule has 36 heavy (non-hydrogen) atoms. The fourth-order valence-electron chi connectivity index (χ4n) is 4.52. The van der Waals surface area contributed by atoms with Gasteiger partial charge >= 0.3 is 5.97 Å². The minimum absolute atomic E-state index is 0.187. The number of carbonyl (C=O) groups is 4. The molecular formula is C24H26N4O7S. The number of benzene rings is 1. The highest BCUT2D eigenvalue weighted by Gasteiger charge is 2.64. The number of carboxylic acids is 1. The highest BCUT2D eigenvalue weighted by atomic mass is 32.2. The van der Waals surface area contributed by atoms with Gasteiger partial charge < -0.3 is 30.3 Å². The van der Waals surface area contributed by atoms with Crippen molar-refractivity contribution < 1.29 is 29.4 Å². The van der Waals surface area contributed by atoms with Crippen molar-refractivity contribution in [2.75, 3.05) is 0 Å². The molecule has 2 fully saturated rings. The van der Waals surface area contributed by atoms with E-state index in [2.05, 4.69) is 10.6 Å². The second-order valence-corrected chi connectivity index (χ2v) is 10.9. The molecule has 1 aromatic carbocycles. The van der Waals surface area contributed by atoms with Gasteiger partial charge in [0.05, 0.1) is 5.56 Å². The Bertz CT molecular complexity index is 1290. The highest BCUT2D eigenvalue weighted by Crippen LogP contribution is 2.50. The lowest BCUT2D eigenvalue weighted by atomic mass is 9.95. The van der Waals surface area contributed by atoms with E-state index in [1.807, 2.05) is 0 Å². The number of aromatic hydroxyl groups is 1. The number of aliphatic carboxylic acids is 1. The van der Waals surface area contributed by atoms with Crippen LogP contribution in [0.2, 0.25) is 0 Å². The average Bonchev–Trinajstić information content (AvgIpc) is 3.09. The third kappa shape index (κ3) is 4.32. The number of fused-ring (bicyclic) bond motifs is 1. The number of β-lactam (4-membered cyclic amide) rings is 1. The van der Waals surface area contributed by atoms with E-state index >= 15 is 0 Å². The summed E-state index contributed by atoms with van der Waals surface area (Å²) in [5, 5.41) is 24.5. The number of aryl methyl sites for hydroxylation is 1. The van der Waals surface area contributed by atoms with Crippen molar-refractivity contribution in [1.82, 2.24) is 20.1 Å². The lowest BCUT2D eigenvalue weighted by molar-refractivity contribution is -0.161. The van der Waals surface area contributed by atoms with Crippen LogP contribution in [0.1, 0.15) is 42.7 Å². The molecule has 2 aliphatic heterocycles. The summed E-state index contributed by atoms with van der Waals surface area (Å²) in [6.07, 6.45) is 1.21. The van der Waals surface area contributed by atoms with Crippen molar-refractivity contribution in [2.24, 2.45) is 0 Å². The molecule has 0 spiro atoms. The fourth-order valence-corrected chi connectivity index (χ4v) is 6.15. The topological polar surface area (TPSA) is 158 Å². The number of thioether (sulfide) groups is 1. The van der Waals surface area contributed by atoms with Crippen LogP contribution in [0.3, 0.4) is 0 Å². The molecule has 2 aliphatic rings. The zero-order valence-electron chi connectivity index (χ0n) is 19.8. The van der Waals surface area contributed by atoms with Crippen LogP contribution in [0.15, 0.2) is 47.4 Å². The van der Waals surface area contributed by atoms with E-state index in [1.165, 1.54) is 27.4 Å². The Kier molecular flexibility index (Phi) is 6.56. The standard InChI is InChI=1S/C24H26N4O7S/c1-4-27-11-13(14(29)10-15(27)30)19(31)25-16(12-8-6-5-7-9-12)20(32)26-17-21(33)28-18(23(34)35)24(2,3)36-22(17)28/h5-11,16-18,22,29H,4H2,1-3H3,(H,25,31)(H,26,32)(H,34,35)/t16?,17-,18+,22-/m1/s1. The Morgan fingerprint density at radius 2 is 1.83 bits per heavy atom. The summed E-state index contributed by atoms with van der Waals surface area (Å²) in [5.41, 5.74) is -0.236. The number of hydrogen-bond donors (Lipinski definition) is 4. The van der Waals surface area contributed by atoms with E-state index in [4.69, 9.17) is 0 Å². The molecule has 4 rings (SSSR count). The molecule has 2 saturated heterocycles. The molecule has 4 atom stereocenters. The lowest BCUT2D eigenvalue weighted by Crippen LogP contribution is -2.71. The van der Waals surface area contributed by atoms with Gasteiger partial charge in [-0.1, -0.05) is 30.3 Å². The van der Waals surface area contributed by atoms with Crippen LogP contribution < -0.4 is 16.2 Å². The Morgan fingerprint density at radius 1 is 1.17 bits per heavy atom. The number of carbonyl (C=O) groups excluding carboxylic acids is 3. The van der Waals surface area contributed by atoms with Gasteiger partial charge in [0, 0.05) is 23.6 Å². The van der Waals surface area contributed by atoms with Gasteiger partial charge in [-0.25, -0.2) is 4.79 Å². The van der Waals surface area contributed by atoms with Crippen LogP contribution in [-0.4, -0.2) is 65.6 Å². The normalized spacial score (nSPS) is 22.8. The molecule has 12 heteroatoms. The number of rotatable bonds is 7. The largest absolute Gasteiger partial charge is 0.507 e. The van der Waals surface area contributed by atoms with Gasteiger partial charge in [0.15, 0.2) is 0 Å².